The summed E-state index contributed by atoms with van der Waals surface area (Å²) in [7, 11) is -3.17. The molecule has 6 heteroatoms. The molecular weight excluding hydrogens is 306 g/mol. The van der Waals surface area contributed by atoms with Crippen molar-refractivity contribution in [3.63, 3.8) is 0 Å². The average molecular weight is 323 g/mol. The Morgan fingerprint density at radius 3 is 2.33 bits per heavy atom. The maximum Gasteiger partial charge on any atom is 0.175 e. The minimum atomic E-state index is -3.17. The van der Waals surface area contributed by atoms with Crippen molar-refractivity contribution < 1.29 is 13.5 Å². The Morgan fingerprint density at radius 1 is 1.14 bits per heavy atom. The van der Waals surface area contributed by atoms with E-state index in [9.17, 15) is 13.5 Å². The van der Waals surface area contributed by atoms with Crippen LogP contribution in [-0.4, -0.2) is 25.5 Å². The van der Waals surface area contributed by atoms with Gasteiger partial charge >= 0.3 is 0 Å². The van der Waals surface area contributed by atoms with Crippen molar-refractivity contribution in [3.05, 3.63) is 54.1 Å². The van der Waals surface area contributed by atoms with Crippen LogP contribution in [0, 0.1) is 0 Å². The fraction of sp³-hybridized carbons (Fsp3) is 0.200. The third kappa shape index (κ3) is 4.23. The first-order chi connectivity index (χ1) is 9.88. The fourth-order valence-corrected chi connectivity index (χ4v) is 3.35. The van der Waals surface area contributed by atoms with Crippen molar-refractivity contribution in [1.82, 2.24) is 0 Å². The van der Waals surface area contributed by atoms with E-state index >= 15 is 0 Å². The number of para-hydroxylation sites is 1. The number of benzene rings is 2. The number of hydrogen-bond acceptors (Lipinski definition) is 5. The van der Waals surface area contributed by atoms with E-state index < -0.39 is 15.9 Å². The van der Waals surface area contributed by atoms with Crippen LogP contribution < -0.4 is 5.73 Å². The van der Waals surface area contributed by atoms with Gasteiger partial charge in [0.1, 0.15) is 0 Å². The Labute approximate surface area is 128 Å². The van der Waals surface area contributed by atoms with Crippen LogP contribution in [0.3, 0.4) is 0 Å². The number of rotatable bonds is 5. The molecule has 0 aliphatic heterocycles. The van der Waals surface area contributed by atoms with Crippen LogP contribution in [0.25, 0.3) is 0 Å². The number of aliphatic hydroxyl groups is 1. The standard InChI is InChI=1S/C15H17NO3S2/c1-21(18,19)12-8-6-11(7-9-12)20-10-15(17)13-4-2-3-5-14(13)16/h2-9,15,17H,10,16H2,1H3. The van der Waals surface area contributed by atoms with Crippen molar-refractivity contribution >= 4 is 27.3 Å². The first-order valence-electron chi connectivity index (χ1n) is 6.33. The summed E-state index contributed by atoms with van der Waals surface area (Å²) in [5, 5.41) is 10.1. The zero-order valence-corrected chi connectivity index (χ0v) is 13.2. The molecule has 0 radical (unpaired) electrons. The lowest BCUT2D eigenvalue weighted by atomic mass is 10.1. The Kier molecular flexibility index (Phi) is 4.92. The molecule has 2 aromatic rings. The summed E-state index contributed by atoms with van der Waals surface area (Å²) in [6, 6.07) is 13.8. The van der Waals surface area contributed by atoms with Gasteiger partial charge in [0.25, 0.3) is 0 Å². The lowest BCUT2D eigenvalue weighted by molar-refractivity contribution is 0.205. The van der Waals surface area contributed by atoms with Crippen LogP contribution in [-0.2, 0) is 9.84 Å². The number of nitrogens with two attached hydrogens (primary N) is 1. The average Bonchev–Trinajstić information content (AvgIpc) is 2.45. The van der Waals surface area contributed by atoms with Gasteiger partial charge in [-0.1, -0.05) is 18.2 Å². The van der Waals surface area contributed by atoms with Gasteiger partial charge in [0.2, 0.25) is 0 Å². The summed E-state index contributed by atoms with van der Waals surface area (Å²) in [4.78, 5) is 1.19. The molecule has 3 N–H and O–H groups in total. The molecule has 0 bridgehead atoms. The molecule has 112 valence electrons. The smallest absolute Gasteiger partial charge is 0.175 e. The Hall–Kier alpha value is -1.50. The molecule has 2 rings (SSSR count). The van der Waals surface area contributed by atoms with Crippen LogP contribution in [0.5, 0.6) is 0 Å². The molecule has 4 nitrogen and oxygen atoms in total. The van der Waals surface area contributed by atoms with Crippen LogP contribution in [0.1, 0.15) is 11.7 Å². The van der Waals surface area contributed by atoms with Gasteiger partial charge in [-0.25, -0.2) is 8.42 Å². The SMILES string of the molecule is CS(=O)(=O)c1ccc(SCC(O)c2ccccc2N)cc1. The molecule has 2 aromatic carbocycles. The largest absolute Gasteiger partial charge is 0.398 e. The minimum Gasteiger partial charge on any atom is -0.398 e. The number of nitrogen functional groups attached to an aromatic ring is 1. The summed E-state index contributed by atoms with van der Waals surface area (Å²) in [6.07, 6.45) is 0.516. The third-order valence-corrected chi connectivity index (χ3v) is 5.23. The molecule has 0 aliphatic rings. The monoisotopic (exact) mass is 323 g/mol. The highest BCUT2D eigenvalue weighted by Crippen LogP contribution is 2.28. The molecule has 0 heterocycles. The summed E-state index contributed by atoms with van der Waals surface area (Å²) in [5.41, 5.74) is 7.10. The highest BCUT2D eigenvalue weighted by Gasteiger charge is 2.11. The van der Waals surface area contributed by atoms with Gasteiger partial charge in [0.05, 0.1) is 11.0 Å². The molecule has 0 saturated heterocycles. The zero-order valence-electron chi connectivity index (χ0n) is 11.6. The van der Waals surface area contributed by atoms with E-state index in [1.54, 1.807) is 36.4 Å². The molecule has 21 heavy (non-hydrogen) atoms. The van der Waals surface area contributed by atoms with Gasteiger partial charge in [-0.3, -0.25) is 0 Å². The van der Waals surface area contributed by atoms with Crippen LogP contribution in [0.15, 0.2) is 58.3 Å². The van der Waals surface area contributed by atoms with Gasteiger partial charge in [-0.2, -0.15) is 0 Å². The molecule has 1 unspecified atom stereocenters. The molecule has 0 aromatic heterocycles. The van der Waals surface area contributed by atoms with Crippen molar-refractivity contribution in [2.75, 3.05) is 17.7 Å². The van der Waals surface area contributed by atoms with Gasteiger partial charge in [-0.05, 0) is 30.3 Å². The highest BCUT2D eigenvalue weighted by molar-refractivity contribution is 7.99. The highest BCUT2D eigenvalue weighted by atomic mass is 32.2. The van der Waals surface area contributed by atoms with E-state index in [1.807, 2.05) is 12.1 Å². The topological polar surface area (TPSA) is 80.4 Å². The molecule has 0 amide bonds. The molecule has 0 fully saturated rings. The van der Waals surface area contributed by atoms with Crippen molar-refractivity contribution in [2.45, 2.75) is 15.9 Å². The maximum atomic E-state index is 11.4. The van der Waals surface area contributed by atoms with Crippen molar-refractivity contribution in [3.8, 4) is 0 Å². The quantitative estimate of drug-likeness (QED) is 0.653. The molecule has 0 saturated carbocycles. The molecule has 0 aliphatic carbocycles. The van der Waals surface area contributed by atoms with E-state index in [0.29, 0.717) is 21.9 Å². The number of hydrogen-bond donors (Lipinski definition) is 2. The van der Waals surface area contributed by atoms with E-state index in [2.05, 4.69) is 0 Å². The molecule has 0 spiro atoms. The third-order valence-electron chi connectivity index (χ3n) is 3.01. The minimum absolute atomic E-state index is 0.291. The first kappa shape index (κ1) is 15.9. The Morgan fingerprint density at radius 2 is 1.76 bits per heavy atom. The number of thioether (sulfide) groups is 1. The van der Waals surface area contributed by atoms with Crippen LogP contribution >= 0.6 is 11.8 Å². The zero-order chi connectivity index (χ0) is 15.5. The van der Waals surface area contributed by atoms with Crippen LogP contribution in [0.4, 0.5) is 5.69 Å². The normalized spacial score (nSPS) is 13.0. The second-order valence-corrected chi connectivity index (χ2v) is 7.81. The second-order valence-electron chi connectivity index (χ2n) is 4.70. The molecule has 1 atom stereocenters. The lowest BCUT2D eigenvalue weighted by Gasteiger charge is -2.13. The predicted molar refractivity (Wildman–Crippen MR) is 86.1 cm³/mol. The summed E-state index contributed by atoms with van der Waals surface area (Å²) in [6.45, 7) is 0. The maximum absolute atomic E-state index is 11.4. The van der Waals surface area contributed by atoms with Crippen molar-refractivity contribution in [2.24, 2.45) is 0 Å². The number of anilines is 1. The number of aliphatic hydroxyl groups excluding tert-OH is 1. The Balaban J connectivity index is 2.02. The lowest BCUT2D eigenvalue weighted by Crippen LogP contribution is -2.04. The fourth-order valence-electron chi connectivity index (χ4n) is 1.86. The van der Waals surface area contributed by atoms with Crippen molar-refractivity contribution in [1.29, 1.82) is 0 Å². The molecular formula is C15H17NO3S2. The Bertz CT molecular complexity index is 712. The number of sulfone groups is 1. The van der Waals surface area contributed by atoms with Crippen LogP contribution in [0.2, 0.25) is 0 Å². The van der Waals surface area contributed by atoms with E-state index in [1.165, 1.54) is 18.0 Å². The van der Waals surface area contributed by atoms with E-state index in [-0.39, 0.29) is 0 Å². The van der Waals surface area contributed by atoms with Gasteiger partial charge < -0.3 is 10.8 Å². The van der Waals surface area contributed by atoms with Gasteiger partial charge in [0.15, 0.2) is 9.84 Å². The van der Waals surface area contributed by atoms with Gasteiger partial charge in [0, 0.05) is 28.2 Å². The van der Waals surface area contributed by atoms with E-state index in [4.69, 9.17) is 5.73 Å². The summed E-state index contributed by atoms with van der Waals surface area (Å²) < 4.78 is 22.7. The predicted octanol–water partition coefficient (Wildman–Crippen LogP) is 2.50. The summed E-state index contributed by atoms with van der Waals surface area (Å²) >= 11 is 1.45. The van der Waals surface area contributed by atoms with E-state index in [0.717, 1.165) is 4.90 Å². The second kappa shape index (κ2) is 6.51. The van der Waals surface area contributed by atoms with Gasteiger partial charge in [-0.15, -0.1) is 11.8 Å². The first-order valence-corrected chi connectivity index (χ1v) is 9.21. The summed E-state index contributed by atoms with van der Waals surface area (Å²) in [5.74, 6) is 0.451.